The fourth-order valence-corrected chi connectivity index (χ4v) is 3.96. The van der Waals surface area contributed by atoms with E-state index in [1.54, 1.807) is 25.2 Å². The summed E-state index contributed by atoms with van der Waals surface area (Å²) in [4.78, 5) is 33.6. The second-order valence-electron chi connectivity index (χ2n) is 7.99. The van der Waals surface area contributed by atoms with Crippen LogP contribution in [0.4, 0.5) is 29.2 Å². The molecule has 2 heterocycles. The Morgan fingerprint density at radius 2 is 1.97 bits per heavy atom. The molecule has 8 nitrogen and oxygen atoms in total. The average molecular weight is 504 g/mol. The molecule has 1 aliphatic heterocycles. The van der Waals surface area contributed by atoms with Gasteiger partial charge in [-0.1, -0.05) is 18.2 Å². The van der Waals surface area contributed by atoms with E-state index in [0.29, 0.717) is 29.4 Å². The summed E-state index contributed by atoms with van der Waals surface area (Å²) in [5.74, 6) is -2.41. The molecule has 1 aromatic heterocycles. The van der Waals surface area contributed by atoms with Gasteiger partial charge in [-0.25, -0.2) is 19.2 Å². The Morgan fingerprint density at radius 1 is 1.22 bits per heavy atom. The molecule has 0 aliphatic carbocycles. The minimum absolute atomic E-state index is 0.0105. The number of hydrogen-bond donors (Lipinski definition) is 1. The third kappa shape index (κ3) is 4.66. The molecule has 0 bridgehead atoms. The highest BCUT2D eigenvalue weighted by molar-refractivity contribution is 5.99. The molecule has 0 atom stereocenters. The van der Waals surface area contributed by atoms with E-state index >= 15 is 0 Å². The first-order chi connectivity index (χ1) is 17.0. The number of nitrogens with one attached hydrogen (secondary N) is 1. The molecule has 0 unspecified atom stereocenters. The Bertz CT molecular complexity index is 1360. The van der Waals surface area contributed by atoms with Gasteiger partial charge in [-0.15, -0.1) is 0 Å². The summed E-state index contributed by atoms with van der Waals surface area (Å²) in [6, 6.07) is 7.00. The van der Waals surface area contributed by atoms with Crippen LogP contribution in [0.5, 0.6) is 5.75 Å². The molecule has 0 saturated carbocycles. The number of nitrogens with zero attached hydrogens (tertiary/aromatic N) is 3. The van der Waals surface area contributed by atoms with Gasteiger partial charge in [0.1, 0.15) is 11.6 Å². The van der Waals surface area contributed by atoms with Crippen molar-refractivity contribution in [3.05, 3.63) is 75.9 Å². The van der Waals surface area contributed by atoms with Crippen molar-refractivity contribution < 1.29 is 36.6 Å². The fraction of sp³-hybridized carbons (Fsp3) is 0.250. The van der Waals surface area contributed by atoms with Crippen molar-refractivity contribution in [3.8, 4) is 5.75 Å². The number of fused-ring (bicyclic) bond motifs is 1. The number of carbonyl (C=O) groups excluding carboxylic acids is 2. The van der Waals surface area contributed by atoms with Crippen molar-refractivity contribution >= 4 is 23.5 Å². The van der Waals surface area contributed by atoms with Crippen molar-refractivity contribution in [2.45, 2.75) is 19.1 Å². The number of carbonyl (C=O) groups is 2. The first-order valence-electron chi connectivity index (χ1n) is 10.6. The lowest BCUT2D eigenvalue weighted by Crippen LogP contribution is -2.19. The number of amides is 1. The van der Waals surface area contributed by atoms with E-state index in [1.165, 1.54) is 12.0 Å². The maximum Gasteiger partial charge on any atom is 0.419 e. The van der Waals surface area contributed by atoms with Crippen LogP contribution in [-0.4, -0.2) is 48.0 Å². The number of aromatic nitrogens is 2. The molecule has 4 rings (SSSR count). The maximum absolute atomic E-state index is 14.5. The summed E-state index contributed by atoms with van der Waals surface area (Å²) < 4.78 is 65.4. The highest BCUT2D eigenvalue weighted by Gasteiger charge is 2.36. The summed E-state index contributed by atoms with van der Waals surface area (Å²) >= 11 is 0. The summed E-state index contributed by atoms with van der Waals surface area (Å²) in [5.41, 5.74) is -0.393. The fourth-order valence-electron chi connectivity index (χ4n) is 3.96. The summed E-state index contributed by atoms with van der Waals surface area (Å²) in [6.45, 7) is 0.359. The van der Waals surface area contributed by atoms with Crippen LogP contribution in [0.3, 0.4) is 0 Å². The van der Waals surface area contributed by atoms with E-state index in [0.717, 1.165) is 19.2 Å². The van der Waals surface area contributed by atoms with Gasteiger partial charge < -0.3 is 19.7 Å². The molecule has 3 aromatic rings. The number of esters is 1. The number of benzene rings is 2. The minimum atomic E-state index is -4.75. The topological polar surface area (TPSA) is 93.7 Å². The van der Waals surface area contributed by atoms with E-state index in [4.69, 9.17) is 4.74 Å². The Labute approximate surface area is 202 Å². The number of alkyl halides is 3. The Hall–Kier alpha value is -4.22. The number of rotatable bonds is 6. The normalized spacial score (nSPS) is 13.0. The molecule has 1 aliphatic rings. The number of anilines is 2. The number of halogens is 4. The van der Waals surface area contributed by atoms with Crippen molar-refractivity contribution in [2.24, 2.45) is 0 Å². The Morgan fingerprint density at radius 3 is 2.64 bits per heavy atom. The van der Waals surface area contributed by atoms with Crippen LogP contribution < -0.4 is 10.1 Å². The Kier molecular flexibility index (Phi) is 6.53. The second-order valence-corrected chi connectivity index (χ2v) is 7.99. The van der Waals surface area contributed by atoms with Crippen LogP contribution in [0.15, 0.2) is 36.5 Å². The van der Waals surface area contributed by atoms with Gasteiger partial charge in [-0.2, -0.15) is 13.2 Å². The van der Waals surface area contributed by atoms with Crippen LogP contribution in [0.25, 0.3) is 0 Å². The molecule has 0 saturated heterocycles. The quantitative estimate of drug-likeness (QED) is 0.394. The van der Waals surface area contributed by atoms with Crippen LogP contribution in [0.1, 0.15) is 43.1 Å². The third-order valence-corrected chi connectivity index (χ3v) is 5.68. The lowest BCUT2D eigenvalue weighted by molar-refractivity contribution is -0.138. The average Bonchev–Trinajstić information content (AvgIpc) is 3.12. The van der Waals surface area contributed by atoms with Gasteiger partial charge in [-0.3, -0.25) is 4.79 Å². The molecule has 188 valence electrons. The number of methoxy groups -OCH3 is 2. The monoisotopic (exact) mass is 504 g/mol. The summed E-state index contributed by atoms with van der Waals surface area (Å²) in [5, 5.41) is 2.64. The molecular formula is C24H20F4N4O4. The molecular weight excluding hydrogens is 484 g/mol. The molecule has 0 fully saturated rings. The zero-order valence-corrected chi connectivity index (χ0v) is 19.4. The summed E-state index contributed by atoms with van der Waals surface area (Å²) in [6.07, 6.45) is -4.42. The lowest BCUT2D eigenvalue weighted by Gasteiger charge is -2.16. The smallest absolute Gasteiger partial charge is 0.419 e. The second kappa shape index (κ2) is 9.44. The zero-order chi connectivity index (χ0) is 26.2. The molecule has 0 spiro atoms. The van der Waals surface area contributed by atoms with Crippen LogP contribution >= 0.6 is 0 Å². The lowest BCUT2D eigenvalue weighted by atomic mass is 9.97. The highest BCUT2D eigenvalue weighted by Crippen LogP contribution is 2.35. The zero-order valence-electron chi connectivity index (χ0n) is 19.4. The Balaban J connectivity index is 1.74. The standard InChI is InChI=1S/C24H20F4N4O4/c1-32-11-13-6-4-5-12(20(13)21(32)33)7-17-15(24(26,27)28)10-29-23(30-17)31-18-9-16(25)14(22(34)36-3)8-19(18)35-2/h4-6,8-10H,7,11H2,1-3H3,(H,29,30,31). The maximum atomic E-state index is 14.5. The predicted octanol–water partition coefficient (Wildman–Crippen LogP) is 4.35. The first kappa shape index (κ1) is 24.9. The van der Waals surface area contributed by atoms with E-state index in [1.807, 2.05) is 0 Å². The van der Waals surface area contributed by atoms with Gasteiger partial charge in [-0.05, 0) is 17.2 Å². The van der Waals surface area contributed by atoms with Gasteiger partial charge in [0.2, 0.25) is 5.95 Å². The van der Waals surface area contributed by atoms with Crippen molar-refractivity contribution in [1.82, 2.24) is 14.9 Å². The van der Waals surface area contributed by atoms with Crippen molar-refractivity contribution in [2.75, 3.05) is 26.6 Å². The van der Waals surface area contributed by atoms with E-state index in [-0.39, 0.29) is 41.0 Å². The third-order valence-electron chi connectivity index (χ3n) is 5.68. The molecule has 12 heteroatoms. The molecule has 0 radical (unpaired) electrons. The van der Waals surface area contributed by atoms with Crippen LogP contribution in [-0.2, 0) is 23.9 Å². The van der Waals surface area contributed by atoms with Gasteiger partial charge >= 0.3 is 12.1 Å². The molecule has 2 aromatic carbocycles. The predicted molar refractivity (Wildman–Crippen MR) is 120 cm³/mol. The number of hydrogen-bond acceptors (Lipinski definition) is 7. The highest BCUT2D eigenvalue weighted by atomic mass is 19.4. The van der Waals surface area contributed by atoms with Crippen LogP contribution in [0, 0.1) is 5.82 Å². The van der Waals surface area contributed by atoms with Crippen molar-refractivity contribution in [3.63, 3.8) is 0 Å². The van der Waals surface area contributed by atoms with Gasteiger partial charge in [0.25, 0.3) is 5.91 Å². The number of ether oxygens (including phenoxy) is 2. The minimum Gasteiger partial charge on any atom is -0.495 e. The van der Waals surface area contributed by atoms with E-state index in [9.17, 15) is 27.2 Å². The molecule has 36 heavy (non-hydrogen) atoms. The van der Waals surface area contributed by atoms with Gasteiger partial charge in [0.05, 0.1) is 36.7 Å². The van der Waals surface area contributed by atoms with Crippen LogP contribution in [0.2, 0.25) is 0 Å². The van der Waals surface area contributed by atoms with E-state index < -0.39 is 23.5 Å². The molecule has 1 N–H and O–H groups in total. The summed E-state index contributed by atoms with van der Waals surface area (Å²) in [7, 11) is 3.96. The van der Waals surface area contributed by atoms with Gasteiger partial charge in [0, 0.05) is 37.8 Å². The van der Waals surface area contributed by atoms with Gasteiger partial charge in [0.15, 0.2) is 0 Å². The first-order valence-corrected chi connectivity index (χ1v) is 10.6. The largest absolute Gasteiger partial charge is 0.495 e. The SMILES string of the molecule is COC(=O)c1cc(OC)c(Nc2ncc(C(F)(F)F)c(Cc3cccc4c3C(=O)N(C)C4)n2)cc1F. The van der Waals surface area contributed by atoms with Crippen molar-refractivity contribution in [1.29, 1.82) is 0 Å². The molecule has 1 amide bonds. The van der Waals surface area contributed by atoms with E-state index in [2.05, 4.69) is 20.0 Å².